The van der Waals surface area contributed by atoms with E-state index >= 15 is 0 Å². The highest BCUT2D eigenvalue weighted by Gasteiger charge is 2.31. The Labute approximate surface area is 205 Å². The monoisotopic (exact) mass is 486 g/mol. The van der Waals surface area contributed by atoms with Gasteiger partial charge in [0.15, 0.2) is 0 Å². The quantitative estimate of drug-likeness (QED) is 0.556. The van der Waals surface area contributed by atoms with E-state index in [1.54, 1.807) is 18.2 Å². The van der Waals surface area contributed by atoms with E-state index in [0.29, 0.717) is 48.8 Å². The Morgan fingerprint density at radius 1 is 1.18 bits per heavy atom. The molecule has 0 radical (unpaired) electrons. The summed E-state index contributed by atoms with van der Waals surface area (Å²) in [5, 5.41) is 14.7. The summed E-state index contributed by atoms with van der Waals surface area (Å²) in [5.74, 6) is 0.782. The first-order chi connectivity index (χ1) is 16.4. The lowest BCUT2D eigenvalue weighted by Gasteiger charge is -2.29. The number of alkyl halides is 1. The van der Waals surface area contributed by atoms with Crippen molar-refractivity contribution >= 4 is 17.5 Å². The zero-order valence-electron chi connectivity index (χ0n) is 19.3. The first-order valence-electron chi connectivity index (χ1n) is 12.3. The van der Waals surface area contributed by atoms with E-state index in [1.165, 1.54) is 11.1 Å². The molecule has 2 aliphatic carbocycles. The molecule has 1 amide bonds. The number of ether oxygens (including phenoxy) is 1. The number of nitrogens with one attached hydrogen (secondary N) is 1. The maximum absolute atomic E-state index is 13.8. The van der Waals surface area contributed by atoms with Crippen molar-refractivity contribution in [2.75, 3.05) is 19.6 Å². The zero-order valence-corrected chi connectivity index (χ0v) is 20.0. The predicted octanol–water partition coefficient (Wildman–Crippen LogP) is 4.25. The van der Waals surface area contributed by atoms with E-state index < -0.39 is 18.3 Å². The fraction of sp³-hybridized carbons (Fsp3) is 0.519. The van der Waals surface area contributed by atoms with Crippen LogP contribution in [0.25, 0.3) is 0 Å². The van der Waals surface area contributed by atoms with Gasteiger partial charge in [0, 0.05) is 26.1 Å². The molecular formula is C27H32ClFN2O3. The lowest BCUT2D eigenvalue weighted by atomic mass is 9.99. The van der Waals surface area contributed by atoms with Crippen LogP contribution in [0.4, 0.5) is 4.39 Å². The molecule has 1 heterocycles. The van der Waals surface area contributed by atoms with Gasteiger partial charge in [-0.25, -0.2) is 4.39 Å². The molecule has 0 bridgehead atoms. The standard InChI is InChI=1S/C27H32ClFN2O3/c28-23-14-20(5-8-25(23)34-22-6-7-22)27(33)24(16-31-10-9-21(29)15-31)30-26(32)13-17-11-18-3-1-2-4-19(18)12-17/h1-5,8,14,17,21-22,24,27,33H,6-7,9-13,15-16H2,(H,30,32)/t21-,24?,27?/m1/s1. The molecule has 2 N–H and O–H groups in total. The van der Waals surface area contributed by atoms with E-state index in [1.807, 2.05) is 17.0 Å². The van der Waals surface area contributed by atoms with Gasteiger partial charge < -0.3 is 15.2 Å². The van der Waals surface area contributed by atoms with Crippen molar-refractivity contribution in [3.63, 3.8) is 0 Å². The third-order valence-corrected chi connectivity index (χ3v) is 7.42. The maximum Gasteiger partial charge on any atom is 0.220 e. The summed E-state index contributed by atoms with van der Waals surface area (Å²) in [6.45, 7) is 1.33. The Morgan fingerprint density at radius 2 is 1.91 bits per heavy atom. The molecule has 5 rings (SSSR count). The third kappa shape index (κ3) is 5.73. The van der Waals surface area contributed by atoms with Crippen LogP contribution in [0.15, 0.2) is 42.5 Å². The van der Waals surface area contributed by atoms with Crippen LogP contribution in [-0.2, 0) is 17.6 Å². The lowest BCUT2D eigenvalue weighted by Crippen LogP contribution is -2.47. The van der Waals surface area contributed by atoms with Crippen molar-refractivity contribution in [2.24, 2.45) is 5.92 Å². The minimum atomic E-state index is -0.962. The number of rotatable bonds is 9. The molecule has 1 saturated heterocycles. The minimum absolute atomic E-state index is 0.0855. The highest BCUT2D eigenvalue weighted by molar-refractivity contribution is 6.32. The third-order valence-electron chi connectivity index (χ3n) is 7.12. The molecule has 2 aromatic carbocycles. The Hall–Kier alpha value is -2.15. The number of halogens is 2. The second kappa shape index (κ2) is 10.2. The first kappa shape index (κ1) is 23.6. The summed E-state index contributed by atoms with van der Waals surface area (Å²) < 4.78 is 19.6. The molecule has 3 aliphatic rings. The van der Waals surface area contributed by atoms with Gasteiger partial charge >= 0.3 is 0 Å². The number of benzene rings is 2. The minimum Gasteiger partial charge on any atom is -0.489 e. The van der Waals surface area contributed by atoms with Gasteiger partial charge in [-0.15, -0.1) is 0 Å². The van der Waals surface area contributed by atoms with Crippen LogP contribution in [0.1, 0.15) is 48.5 Å². The van der Waals surface area contributed by atoms with Crippen molar-refractivity contribution in [1.29, 1.82) is 0 Å². The van der Waals surface area contributed by atoms with Gasteiger partial charge in [0.05, 0.1) is 17.2 Å². The lowest BCUT2D eigenvalue weighted by molar-refractivity contribution is -0.123. The van der Waals surface area contributed by atoms with Crippen molar-refractivity contribution in [2.45, 2.75) is 62.9 Å². The van der Waals surface area contributed by atoms with Gasteiger partial charge in [-0.2, -0.15) is 0 Å². The maximum atomic E-state index is 13.8. The van der Waals surface area contributed by atoms with Gasteiger partial charge in [0.2, 0.25) is 5.91 Å². The number of carbonyl (C=O) groups is 1. The molecule has 182 valence electrons. The number of hydrogen-bond acceptors (Lipinski definition) is 4. The summed E-state index contributed by atoms with van der Waals surface area (Å²) in [5.41, 5.74) is 3.24. The summed E-state index contributed by atoms with van der Waals surface area (Å²) in [6.07, 6.45) is 3.14. The molecule has 3 atom stereocenters. The number of fused-ring (bicyclic) bond motifs is 1. The smallest absolute Gasteiger partial charge is 0.220 e. The van der Waals surface area contributed by atoms with E-state index in [9.17, 15) is 14.3 Å². The normalized spacial score (nSPS) is 22.4. The van der Waals surface area contributed by atoms with Crippen molar-refractivity contribution < 1.29 is 19.0 Å². The van der Waals surface area contributed by atoms with E-state index in [4.69, 9.17) is 16.3 Å². The topological polar surface area (TPSA) is 61.8 Å². The Kier molecular flexibility index (Phi) is 7.09. The molecule has 5 nitrogen and oxygen atoms in total. The highest BCUT2D eigenvalue weighted by Crippen LogP contribution is 2.34. The number of carbonyl (C=O) groups excluding carboxylic acids is 1. The van der Waals surface area contributed by atoms with Gasteiger partial charge in [-0.05, 0) is 66.8 Å². The largest absolute Gasteiger partial charge is 0.489 e. The molecule has 2 fully saturated rings. The molecule has 1 saturated carbocycles. The predicted molar refractivity (Wildman–Crippen MR) is 130 cm³/mol. The van der Waals surface area contributed by atoms with Gasteiger partial charge in [-0.3, -0.25) is 9.69 Å². The Bertz CT molecular complexity index is 1010. The Balaban J connectivity index is 1.25. The fourth-order valence-electron chi connectivity index (χ4n) is 5.17. The van der Waals surface area contributed by atoms with Gasteiger partial charge in [0.1, 0.15) is 18.0 Å². The average molecular weight is 487 g/mol. The number of amides is 1. The van der Waals surface area contributed by atoms with Crippen LogP contribution < -0.4 is 10.1 Å². The fourth-order valence-corrected chi connectivity index (χ4v) is 5.40. The van der Waals surface area contributed by atoms with Crippen molar-refractivity contribution in [3.05, 3.63) is 64.2 Å². The first-order valence-corrected chi connectivity index (χ1v) is 12.7. The molecule has 1 aliphatic heterocycles. The van der Waals surface area contributed by atoms with Gasteiger partial charge in [-0.1, -0.05) is 41.9 Å². The summed E-state index contributed by atoms with van der Waals surface area (Å²) in [4.78, 5) is 15.0. The van der Waals surface area contributed by atoms with Gasteiger partial charge in [0.25, 0.3) is 0 Å². The molecule has 7 heteroatoms. The molecule has 2 aromatic rings. The molecular weight excluding hydrogens is 455 g/mol. The average Bonchev–Trinajstić information content (AvgIpc) is 3.39. The Morgan fingerprint density at radius 3 is 2.53 bits per heavy atom. The molecule has 2 unspecified atom stereocenters. The summed E-state index contributed by atoms with van der Waals surface area (Å²) in [7, 11) is 0. The number of aliphatic hydroxyl groups is 1. The highest BCUT2D eigenvalue weighted by atomic mass is 35.5. The van der Waals surface area contributed by atoms with Crippen LogP contribution in [-0.4, -0.2) is 53.9 Å². The number of aliphatic hydroxyl groups excluding tert-OH is 1. The second-order valence-electron chi connectivity index (χ2n) is 10.0. The van der Waals surface area contributed by atoms with E-state index in [2.05, 4.69) is 17.4 Å². The SMILES string of the molecule is O=C(CC1Cc2ccccc2C1)NC(CN1CC[C@@H](F)C1)C(O)c1ccc(OC2CC2)c(Cl)c1. The summed E-state index contributed by atoms with van der Waals surface area (Å²) in [6, 6.07) is 13.0. The van der Waals surface area contributed by atoms with Crippen LogP contribution >= 0.6 is 11.6 Å². The van der Waals surface area contributed by atoms with E-state index in [-0.39, 0.29) is 17.9 Å². The van der Waals surface area contributed by atoms with Crippen LogP contribution in [0, 0.1) is 5.92 Å². The number of nitrogens with zero attached hydrogens (tertiary/aromatic N) is 1. The van der Waals surface area contributed by atoms with Crippen LogP contribution in [0.5, 0.6) is 5.75 Å². The zero-order chi connectivity index (χ0) is 23.7. The molecule has 34 heavy (non-hydrogen) atoms. The van der Waals surface area contributed by atoms with Crippen molar-refractivity contribution in [1.82, 2.24) is 10.2 Å². The molecule has 0 aromatic heterocycles. The van der Waals surface area contributed by atoms with E-state index in [0.717, 1.165) is 25.7 Å². The van der Waals surface area contributed by atoms with Crippen LogP contribution in [0.3, 0.4) is 0 Å². The molecule has 0 spiro atoms. The number of likely N-dealkylation sites (tertiary alicyclic amines) is 1. The van der Waals surface area contributed by atoms with Crippen molar-refractivity contribution in [3.8, 4) is 5.75 Å². The van der Waals surface area contributed by atoms with Crippen LogP contribution in [0.2, 0.25) is 5.02 Å². The second-order valence-corrected chi connectivity index (χ2v) is 10.4. The summed E-state index contributed by atoms with van der Waals surface area (Å²) >= 11 is 6.42. The number of hydrogen-bond donors (Lipinski definition) is 2.